The number of hydrogen-bond donors (Lipinski definition) is 2. The zero-order valence-electron chi connectivity index (χ0n) is 15.2. The van der Waals surface area contributed by atoms with Crippen LogP contribution in [0.1, 0.15) is 17.4 Å². The number of aromatic nitrogens is 1. The van der Waals surface area contributed by atoms with E-state index in [1.807, 2.05) is 31.2 Å². The van der Waals surface area contributed by atoms with Crippen LogP contribution in [0.4, 0.5) is 17.1 Å². The maximum Gasteiger partial charge on any atom is 0.274 e. The molecule has 0 aliphatic heterocycles. The van der Waals surface area contributed by atoms with Crippen LogP contribution in [-0.2, 0) is 0 Å². The largest absolute Gasteiger partial charge is 0.497 e. The van der Waals surface area contributed by atoms with E-state index >= 15 is 0 Å². The van der Waals surface area contributed by atoms with Crippen LogP contribution in [0.5, 0.6) is 11.5 Å². The number of carbonyl (C=O) groups is 1. The predicted molar refractivity (Wildman–Crippen MR) is 106 cm³/mol. The Morgan fingerprint density at radius 3 is 2.41 bits per heavy atom. The van der Waals surface area contributed by atoms with Gasteiger partial charge in [0.1, 0.15) is 17.2 Å². The summed E-state index contributed by atoms with van der Waals surface area (Å²) in [4.78, 5) is 16.6. The number of para-hydroxylation sites is 2. The molecule has 0 spiro atoms. The molecule has 6 nitrogen and oxygen atoms in total. The molecular formula is C21H21N3O3. The molecule has 138 valence electrons. The lowest BCUT2D eigenvalue weighted by atomic mass is 10.2. The van der Waals surface area contributed by atoms with Crippen molar-refractivity contribution in [3.63, 3.8) is 0 Å². The summed E-state index contributed by atoms with van der Waals surface area (Å²) in [6, 6.07) is 18.3. The van der Waals surface area contributed by atoms with Gasteiger partial charge in [-0.05, 0) is 55.5 Å². The summed E-state index contributed by atoms with van der Waals surface area (Å²) in [5, 5.41) is 6.06. The first-order chi connectivity index (χ1) is 13.2. The van der Waals surface area contributed by atoms with Crippen molar-refractivity contribution in [2.45, 2.75) is 6.92 Å². The SMILES string of the molecule is CCOc1ccccc1Nc1ccc(C(=O)Nc2ccc(OC)cc2)nc1. The van der Waals surface area contributed by atoms with Gasteiger partial charge in [0.2, 0.25) is 0 Å². The maximum absolute atomic E-state index is 12.3. The molecule has 0 fully saturated rings. The van der Waals surface area contributed by atoms with Crippen molar-refractivity contribution < 1.29 is 14.3 Å². The van der Waals surface area contributed by atoms with Crippen LogP contribution in [0.2, 0.25) is 0 Å². The van der Waals surface area contributed by atoms with Crippen LogP contribution in [0.25, 0.3) is 0 Å². The molecule has 3 aromatic rings. The quantitative estimate of drug-likeness (QED) is 0.647. The first-order valence-electron chi connectivity index (χ1n) is 8.60. The summed E-state index contributed by atoms with van der Waals surface area (Å²) in [5.41, 5.74) is 2.62. The molecule has 2 N–H and O–H groups in total. The number of nitrogens with zero attached hydrogens (tertiary/aromatic N) is 1. The highest BCUT2D eigenvalue weighted by atomic mass is 16.5. The number of rotatable bonds is 7. The van der Waals surface area contributed by atoms with Crippen molar-refractivity contribution >= 4 is 23.0 Å². The Labute approximate surface area is 158 Å². The van der Waals surface area contributed by atoms with Crippen molar-refractivity contribution in [3.8, 4) is 11.5 Å². The van der Waals surface area contributed by atoms with Gasteiger partial charge < -0.3 is 20.1 Å². The Kier molecular flexibility index (Phi) is 5.89. The summed E-state index contributed by atoms with van der Waals surface area (Å²) in [5.74, 6) is 1.22. The molecule has 0 saturated carbocycles. The molecule has 6 heteroatoms. The van der Waals surface area contributed by atoms with Gasteiger partial charge in [0.15, 0.2) is 0 Å². The van der Waals surface area contributed by atoms with Gasteiger partial charge in [-0.1, -0.05) is 12.1 Å². The van der Waals surface area contributed by atoms with Crippen LogP contribution in [-0.4, -0.2) is 24.6 Å². The number of nitrogens with one attached hydrogen (secondary N) is 2. The maximum atomic E-state index is 12.3. The molecule has 0 atom stereocenters. The minimum atomic E-state index is -0.276. The van der Waals surface area contributed by atoms with E-state index in [2.05, 4.69) is 15.6 Å². The molecule has 0 radical (unpaired) electrons. The third-order valence-electron chi connectivity index (χ3n) is 3.81. The zero-order chi connectivity index (χ0) is 19.1. The molecule has 0 unspecified atom stereocenters. The Bertz CT molecular complexity index is 893. The second kappa shape index (κ2) is 8.71. The Morgan fingerprint density at radius 1 is 1.00 bits per heavy atom. The first-order valence-corrected chi connectivity index (χ1v) is 8.60. The lowest BCUT2D eigenvalue weighted by Crippen LogP contribution is -2.13. The number of methoxy groups -OCH3 is 1. The van der Waals surface area contributed by atoms with Crippen molar-refractivity contribution in [2.75, 3.05) is 24.4 Å². The highest BCUT2D eigenvalue weighted by Gasteiger charge is 2.09. The van der Waals surface area contributed by atoms with Gasteiger partial charge in [-0.3, -0.25) is 4.79 Å². The molecular weight excluding hydrogens is 342 g/mol. The van der Waals surface area contributed by atoms with Crippen LogP contribution in [0.3, 0.4) is 0 Å². The van der Waals surface area contributed by atoms with Gasteiger partial charge in [-0.25, -0.2) is 4.98 Å². The molecule has 1 aromatic heterocycles. The van der Waals surface area contributed by atoms with Gasteiger partial charge in [0, 0.05) is 5.69 Å². The fourth-order valence-corrected chi connectivity index (χ4v) is 2.48. The fraction of sp³-hybridized carbons (Fsp3) is 0.143. The summed E-state index contributed by atoms with van der Waals surface area (Å²) in [6.07, 6.45) is 1.62. The lowest BCUT2D eigenvalue weighted by Gasteiger charge is -2.12. The van der Waals surface area contributed by atoms with Gasteiger partial charge >= 0.3 is 0 Å². The van der Waals surface area contributed by atoms with E-state index < -0.39 is 0 Å². The van der Waals surface area contributed by atoms with E-state index in [-0.39, 0.29) is 5.91 Å². The van der Waals surface area contributed by atoms with E-state index in [0.717, 1.165) is 22.9 Å². The molecule has 27 heavy (non-hydrogen) atoms. The number of anilines is 3. The van der Waals surface area contributed by atoms with E-state index in [1.165, 1.54) is 0 Å². The van der Waals surface area contributed by atoms with E-state index in [9.17, 15) is 4.79 Å². The van der Waals surface area contributed by atoms with E-state index in [1.54, 1.807) is 49.7 Å². The minimum absolute atomic E-state index is 0.276. The van der Waals surface area contributed by atoms with Crippen molar-refractivity contribution in [2.24, 2.45) is 0 Å². The number of carbonyl (C=O) groups excluding carboxylic acids is 1. The first kappa shape index (κ1) is 18.3. The smallest absolute Gasteiger partial charge is 0.274 e. The number of amides is 1. The molecule has 0 aliphatic carbocycles. The van der Waals surface area contributed by atoms with E-state index in [4.69, 9.17) is 9.47 Å². The average molecular weight is 363 g/mol. The Hall–Kier alpha value is -3.54. The number of pyridine rings is 1. The molecule has 0 saturated heterocycles. The van der Waals surface area contributed by atoms with Crippen LogP contribution >= 0.6 is 0 Å². The third kappa shape index (κ3) is 4.76. The molecule has 0 aliphatic rings. The number of hydrogen-bond acceptors (Lipinski definition) is 5. The minimum Gasteiger partial charge on any atom is -0.497 e. The highest BCUT2D eigenvalue weighted by Crippen LogP contribution is 2.27. The Morgan fingerprint density at radius 2 is 1.74 bits per heavy atom. The lowest BCUT2D eigenvalue weighted by molar-refractivity contribution is 0.102. The fourth-order valence-electron chi connectivity index (χ4n) is 2.48. The molecule has 1 amide bonds. The third-order valence-corrected chi connectivity index (χ3v) is 3.81. The van der Waals surface area contributed by atoms with Crippen molar-refractivity contribution in [1.82, 2.24) is 4.98 Å². The number of ether oxygens (including phenoxy) is 2. The predicted octanol–water partition coefficient (Wildman–Crippen LogP) is 4.48. The van der Waals surface area contributed by atoms with Gasteiger partial charge in [0.05, 0.1) is 31.3 Å². The van der Waals surface area contributed by atoms with Gasteiger partial charge in [-0.15, -0.1) is 0 Å². The summed E-state index contributed by atoms with van der Waals surface area (Å²) in [6.45, 7) is 2.52. The summed E-state index contributed by atoms with van der Waals surface area (Å²) >= 11 is 0. The normalized spacial score (nSPS) is 10.1. The van der Waals surface area contributed by atoms with Crippen molar-refractivity contribution in [3.05, 3.63) is 72.6 Å². The van der Waals surface area contributed by atoms with Gasteiger partial charge in [0.25, 0.3) is 5.91 Å². The van der Waals surface area contributed by atoms with Gasteiger partial charge in [-0.2, -0.15) is 0 Å². The average Bonchev–Trinajstić information content (AvgIpc) is 2.71. The van der Waals surface area contributed by atoms with Crippen LogP contribution in [0, 0.1) is 0 Å². The number of benzene rings is 2. The highest BCUT2D eigenvalue weighted by molar-refractivity contribution is 6.03. The van der Waals surface area contributed by atoms with Crippen LogP contribution < -0.4 is 20.1 Å². The molecule has 1 heterocycles. The van der Waals surface area contributed by atoms with Crippen LogP contribution in [0.15, 0.2) is 66.9 Å². The zero-order valence-corrected chi connectivity index (χ0v) is 15.2. The molecule has 2 aromatic carbocycles. The molecule has 0 bridgehead atoms. The second-order valence-electron chi connectivity index (χ2n) is 5.67. The monoisotopic (exact) mass is 363 g/mol. The summed E-state index contributed by atoms with van der Waals surface area (Å²) in [7, 11) is 1.60. The topological polar surface area (TPSA) is 72.5 Å². The van der Waals surface area contributed by atoms with Crippen molar-refractivity contribution in [1.29, 1.82) is 0 Å². The molecule has 3 rings (SSSR count). The Balaban J connectivity index is 1.66. The second-order valence-corrected chi connectivity index (χ2v) is 5.67. The standard InChI is InChI=1S/C21H21N3O3/c1-3-27-20-7-5-4-6-18(20)23-16-10-13-19(22-14-16)21(25)24-15-8-11-17(26-2)12-9-15/h4-14,23H,3H2,1-2H3,(H,24,25). The van der Waals surface area contributed by atoms with E-state index in [0.29, 0.717) is 18.0 Å². The summed E-state index contributed by atoms with van der Waals surface area (Å²) < 4.78 is 10.7.